The second-order valence-corrected chi connectivity index (χ2v) is 9.14. The van der Waals surface area contributed by atoms with Crippen molar-refractivity contribution in [3.05, 3.63) is 93.1 Å². The Morgan fingerprint density at radius 3 is 2.66 bits per heavy atom. The van der Waals surface area contributed by atoms with Gasteiger partial charge in [-0.3, -0.25) is 9.59 Å². The molecule has 0 atom stereocenters. The van der Waals surface area contributed by atoms with Crippen LogP contribution in [0.15, 0.2) is 54.7 Å². The fraction of sp³-hybridized carbons (Fsp3) is 0.120. The molecule has 0 unspecified atom stereocenters. The van der Waals surface area contributed by atoms with E-state index in [4.69, 9.17) is 23.2 Å². The summed E-state index contributed by atoms with van der Waals surface area (Å²) in [6, 6.07) is 12.1. The molecule has 0 radical (unpaired) electrons. The Bertz CT molecular complexity index is 1720. The summed E-state index contributed by atoms with van der Waals surface area (Å²) in [5.74, 6) is -1.20. The first-order chi connectivity index (χ1) is 18.2. The molecule has 0 fully saturated rings. The number of amides is 2. The number of nitrogens with zero attached hydrogens (tertiary/aromatic N) is 6. The lowest BCUT2D eigenvalue weighted by molar-refractivity contribution is 0.0964. The van der Waals surface area contributed by atoms with Crippen molar-refractivity contribution >= 4 is 51.7 Å². The highest BCUT2D eigenvalue weighted by Gasteiger charge is 2.23. The largest absolute Gasteiger partial charge is 0.355 e. The van der Waals surface area contributed by atoms with Crippen LogP contribution in [0.25, 0.3) is 16.9 Å². The average molecular weight is 553 g/mol. The molecular formula is C25H19Cl2FN8O2. The highest BCUT2D eigenvalue weighted by molar-refractivity contribution is 6.32. The van der Waals surface area contributed by atoms with Crippen molar-refractivity contribution in [1.82, 2.24) is 35.1 Å². The maximum atomic E-state index is 13.9. The predicted octanol–water partition coefficient (Wildman–Crippen LogP) is 4.43. The van der Waals surface area contributed by atoms with Gasteiger partial charge in [-0.05, 0) is 55.0 Å². The first kappa shape index (κ1) is 25.3. The lowest BCUT2D eigenvalue weighted by Crippen LogP contribution is -2.23. The molecule has 38 heavy (non-hydrogen) atoms. The van der Waals surface area contributed by atoms with Crippen LogP contribution in [0.1, 0.15) is 32.1 Å². The van der Waals surface area contributed by atoms with E-state index in [0.29, 0.717) is 27.3 Å². The van der Waals surface area contributed by atoms with E-state index in [1.165, 1.54) is 52.9 Å². The number of halogens is 3. The van der Waals surface area contributed by atoms with Crippen LogP contribution in [0, 0.1) is 12.7 Å². The van der Waals surface area contributed by atoms with Gasteiger partial charge in [-0.25, -0.2) is 18.7 Å². The molecule has 0 aliphatic carbocycles. The van der Waals surface area contributed by atoms with Gasteiger partial charge >= 0.3 is 0 Å². The normalized spacial score (nSPS) is 11.1. The number of rotatable bonds is 6. The van der Waals surface area contributed by atoms with Crippen LogP contribution < -0.4 is 10.6 Å². The molecule has 2 aromatic carbocycles. The fourth-order valence-electron chi connectivity index (χ4n) is 3.97. The molecule has 2 N–H and O–H groups in total. The van der Waals surface area contributed by atoms with Crippen molar-refractivity contribution in [1.29, 1.82) is 0 Å². The molecule has 5 rings (SSSR count). The summed E-state index contributed by atoms with van der Waals surface area (Å²) in [4.78, 5) is 30.4. The molecule has 0 aliphatic rings. The van der Waals surface area contributed by atoms with Crippen LogP contribution in [0.5, 0.6) is 0 Å². The number of hydrogen-bond acceptors (Lipinski definition) is 6. The number of pyridine rings is 1. The zero-order valence-electron chi connectivity index (χ0n) is 20.0. The number of hydrogen-bond donors (Lipinski definition) is 2. The third kappa shape index (κ3) is 4.81. The Kier molecular flexibility index (Phi) is 6.79. The smallest absolute Gasteiger partial charge is 0.274 e. The molecule has 0 saturated carbocycles. The van der Waals surface area contributed by atoms with Gasteiger partial charge in [0.05, 0.1) is 34.0 Å². The molecule has 5 aromatic rings. The minimum atomic E-state index is -0.574. The van der Waals surface area contributed by atoms with Gasteiger partial charge in [0.25, 0.3) is 11.8 Å². The van der Waals surface area contributed by atoms with Gasteiger partial charge < -0.3 is 10.6 Å². The van der Waals surface area contributed by atoms with Gasteiger partial charge in [-0.15, -0.1) is 5.10 Å². The summed E-state index contributed by atoms with van der Waals surface area (Å²) in [5.41, 5.74) is 2.55. The van der Waals surface area contributed by atoms with E-state index in [0.717, 1.165) is 0 Å². The standard InChI is InChI=1S/C25H19Cl2FN8O2/c1-13-8-14(26)9-17(24(37)29-2)22(13)31-25(38)21-11-16(33-36(21)23-18(27)4-3-7-30-23)12-35-20-10-15(28)5-6-19(20)32-34-35/h3-11H,12H2,1-2H3,(H,29,37)(H,31,38). The van der Waals surface area contributed by atoms with E-state index >= 15 is 0 Å². The Balaban J connectivity index is 1.58. The number of anilines is 1. The van der Waals surface area contributed by atoms with E-state index < -0.39 is 17.6 Å². The van der Waals surface area contributed by atoms with Crippen LogP contribution in [-0.4, -0.2) is 48.6 Å². The van der Waals surface area contributed by atoms with Gasteiger partial charge in [-0.2, -0.15) is 5.10 Å². The number of carbonyl (C=O) groups is 2. The molecule has 3 heterocycles. The number of nitrogens with one attached hydrogen (secondary N) is 2. The zero-order valence-corrected chi connectivity index (χ0v) is 21.5. The summed E-state index contributed by atoms with van der Waals surface area (Å²) in [6.07, 6.45) is 1.52. The van der Waals surface area contributed by atoms with Crippen LogP contribution in [0.2, 0.25) is 10.0 Å². The van der Waals surface area contributed by atoms with E-state index in [9.17, 15) is 14.0 Å². The van der Waals surface area contributed by atoms with Gasteiger partial charge in [0, 0.05) is 24.3 Å². The lowest BCUT2D eigenvalue weighted by atomic mass is 10.1. The van der Waals surface area contributed by atoms with Gasteiger partial charge in [0.15, 0.2) is 5.82 Å². The predicted molar refractivity (Wildman–Crippen MR) is 140 cm³/mol. The van der Waals surface area contributed by atoms with Crippen molar-refractivity contribution in [3.8, 4) is 5.82 Å². The molecular weight excluding hydrogens is 534 g/mol. The lowest BCUT2D eigenvalue weighted by Gasteiger charge is -2.14. The summed E-state index contributed by atoms with van der Waals surface area (Å²) < 4.78 is 16.6. The highest BCUT2D eigenvalue weighted by atomic mass is 35.5. The molecule has 0 saturated heterocycles. The minimum absolute atomic E-state index is 0.0845. The van der Waals surface area contributed by atoms with Crippen molar-refractivity contribution in [2.75, 3.05) is 12.4 Å². The van der Waals surface area contributed by atoms with Crippen molar-refractivity contribution < 1.29 is 14.0 Å². The number of aromatic nitrogens is 6. The van der Waals surface area contributed by atoms with E-state index in [1.807, 2.05) is 0 Å². The van der Waals surface area contributed by atoms with Crippen molar-refractivity contribution in [3.63, 3.8) is 0 Å². The van der Waals surface area contributed by atoms with Gasteiger partial charge in [0.1, 0.15) is 17.0 Å². The molecule has 2 amide bonds. The van der Waals surface area contributed by atoms with Crippen molar-refractivity contribution in [2.45, 2.75) is 13.5 Å². The van der Waals surface area contributed by atoms with Crippen LogP contribution >= 0.6 is 23.2 Å². The zero-order chi connectivity index (χ0) is 27.0. The van der Waals surface area contributed by atoms with Gasteiger partial charge in [0.2, 0.25) is 0 Å². The second-order valence-electron chi connectivity index (χ2n) is 8.30. The number of carbonyl (C=O) groups excluding carboxylic acids is 2. The first-order valence-corrected chi connectivity index (χ1v) is 12.0. The highest BCUT2D eigenvalue weighted by Crippen LogP contribution is 2.27. The molecule has 0 spiro atoms. The van der Waals surface area contributed by atoms with E-state index in [1.54, 1.807) is 25.1 Å². The quantitative estimate of drug-likeness (QED) is 0.321. The number of benzene rings is 2. The molecule has 13 heteroatoms. The van der Waals surface area contributed by atoms with Crippen LogP contribution in [0.4, 0.5) is 10.1 Å². The average Bonchev–Trinajstić information content (AvgIpc) is 3.49. The fourth-order valence-corrected chi connectivity index (χ4v) is 4.45. The van der Waals surface area contributed by atoms with Crippen molar-refractivity contribution in [2.24, 2.45) is 0 Å². The summed E-state index contributed by atoms with van der Waals surface area (Å²) in [7, 11) is 1.48. The monoisotopic (exact) mass is 552 g/mol. The minimum Gasteiger partial charge on any atom is -0.355 e. The number of aryl methyl sites for hydroxylation is 1. The molecule has 0 aliphatic heterocycles. The third-order valence-electron chi connectivity index (χ3n) is 5.73. The Hall–Kier alpha value is -4.35. The second kappa shape index (κ2) is 10.2. The molecule has 192 valence electrons. The summed E-state index contributed by atoms with van der Waals surface area (Å²) >= 11 is 12.5. The van der Waals surface area contributed by atoms with E-state index in [-0.39, 0.29) is 34.3 Å². The Morgan fingerprint density at radius 1 is 1.08 bits per heavy atom. The van der Waals surface area contributed by atoms with Crippen LogP contribution in [0.3, 0.4) is 0 Å². The summed E-state index contributed by atoms with van der Waals surface area (Å²) in [6.45, 7) is 1.81. The molecule has 0 bridgehead atoms. The maximum Gasteiger partial charge on any atom is 0.274 e. The third-order valence-corrected chi connectivity index (χ3v) is 6.24. The Labute approximate surface area is 225 Å². The van der Waals surface area contributed by atoms with Gasteiger partial charge in [-0.1, -0.05) is 28.4 Å². The van der Waals surface area contributed by atoms with E-state index in [2.05, 4.69) is 31.0 Å². The topological polar surface area (TPSA) is 120 Å². The molecule has 10 nitrogen and oxygen atoms in total. The summed E-state index contributed by atoms with van der Waals surface area (Å²) in [5, 5.41) is 18.6. The SMILES string of the molecule is CNC(=O)c1cc(Cl)cc(C)c1NC(=O)c1cc(Cn2nnc3ccc(F)cc32)nn1-c1ncccc1Cl. The maximum absolute atomic E-state index is 13.9. The Morgan fingerprint density at radius 2 is 1.89 bits per heavy atom. The first-order valence-electron chi connectivity index (χ1n) is 11.3. The van der Waals surface area contributed by atoms with Crippen LogP contribution in [-0.2, 0) is 6.54 Å². The number of fused-ring (bicyclic) bond motifs is 1. The molecule has 3 aromatic heterocycles.